The van der Waals surface area contributed by atoms with E-state index < -0.39 is 15.8 Å². The number of pyridine rings is 1. The summed E-state index contributed by atoms with van der Waals surface area (Å²) in [4.78, 5) is 3.60. The van der Waals surface area contributed by atoms with E-state index in [-0.39, 0.29) is 17.2 Å². The molecule has 0 aliphatic rings. The maximum absolute atomic E-state index is 13.5. The lowest BCUT2D eigenvalue weighted by Gasteiger charge is -2.13. The molecule has 7 heteroatoms. The van der Waals surface area contributed by atoms with Crippen LogP contribution in [0, 0.1) is 5.82 Å². The van der Waals surface area contributed by atoms with Crippen LogP contribution in [0.3, 0.4) is 0 Å². The number of nitrogens with one attached hydrogen (secondary N) is 1. The Morgan fingerprint density at radius 2 is 2.10 bits per heavy atom. The standard InChI is InChI=1S/C14H15FN2O3S/c1-2-11-4-3-10(9-18)7-14(11)21(19,20)17-13-5-6-16-8-12(13)15/h3-8,18H,2,9H2,1H3,(H,16,17). The highest BCUT2D eigenvalue weighted by Gasteiger charge is 2.20. The molecule has 0 saturated heterocycles. The average Bonchev–Trinajstić information content (AvgIpc) is 2.48. The van der Waals surface area contributed by atoms with E-state index in [2.05, 4.69) is 9.71 Å². The molecule has 2 N–H and O–H groups in total. The van der Waals surface area contributed by atoms with Gasteiger partial charge in [-0.05, 0) is 29.7 Å². The highest BCUT2D eigenvalue weighted by atomic mass is 32.2. The van der Waals surface area contributed by atoms with Crippen LogP contribution in [-0.4, -0.2) is 18.5 Å². The van der Waals surface area contributed by atoms with Crippen LogP contribution in [-0.2, 0) is 23.1 Å². The molecule has 2 rings (SSSR count). The Morgan fingerprint density at radius 3 is 2.71 bits per heavy atom. The Balaban J connectivity index is 2.46. The smallest absolute Gasteiger partial charge is 0.262 e. The number of nitrogens with zero attached hydrogens (tertiary/aromatic N) is 1. The van der Waals surface area contributed by atoms with E-state index in [9.17, 15) is 12.8 Å². The van der Waals surface area contributed by atoms with Crippen molar-refractivity contribution in [3.05, 3.63) is 53.6 Å². The normalized spacial score (nSPS) is 11.4. The first-order valence-electron chi connectivity index (χ1n) is 6.33. The van der Waals surface area contributed by atoms with Gasteiger partial charge in [-0.15, -0.1) is 0 Å². The predicted molar refractivity (Wildman–Crippen MR) is 76.7 cm³/mol. The Labute approximate surface area is 122 Å². The van der Waals surface area contributed by atoms with Crippen molar-refractivity contribution in [3.8, 4) is 0 Å². The topological polar surface area (TPSA) is 79.3 Å². The number of hydrogen-bond donors (Lipinski definition) is 2. The fraction of sp³-hybridized carbons (Fsp3) is 0.214. The lowest BCUT2D eigenvalue weighted by atomic mass is 10.1. The molecule has 0 aliphatic carbocycles. The minimum absolute atomic E-state index is 0.0350. The second-order valence-corrected chi connectivity index (χ2v) is 6.07. The third-order valence-corrected chi connectivity index (χ3v) is 4.45. The zero-order valence-corrected chi connectivity index (χ0v) is 12.2. The van der Waals surface area contributed by atoms with Crippen molar-refractivity contribution in [2.75, 3.05) is 4.72 Å². The molecule has 112 valence electrons. The number of rotatable bonds is 5. The van der Waals surface area contributed by atoms with Crippen LogP contribution < -0.4 is 4.72 Å². The minimum Gasteiger partial charge on any atom is -0.392 e. The van der Waals surface area contributed by atoms with Gasteiger partial charge in [0.2, 0.25) is 0 Å². The molecule has 21 heavy (non-hydrogen) atoms. The maximum atomic E-state index is 13.5. The van der Waals surface area contributed by atoms with Crippen molar-refractivity contribution in [2.24, 2.45) is 0 Å². The van der Waals surface area contributed by atoms with Crippen molar-refractivity contribution in [1.82, 2.24) is 4.98 Å². The summed E-state index contributed by atoms with van der Waals surface area (Å²) in [5.74, 6) is -0.752. The van der Waals surface area contributed by atoms with E-state index in [0.29, 0.717) is 17.5 Å². The van der Waals surface area contributed by atoms with E-state index in [4.69, 9.17) is 5.11 Å². The van der Waals surface area contributed by atoms with Crippen molar-refractivity contribution >= 4 is 15.7 Å². The highest BCUT2D eigenvalue weighted by molar-refractivity contribution is 7.92. The third-order valence-electron chi connectivity index (χ3n) is 3.00. The Hall–Kier alpha value is -1.99. The highest BCUT2D eigenvalue weighted by Crippen LogP contribution is 2.23. The quantitative estimate of drug-likeness (QED) is 0.886. The van der Waals surface area contributed by atoms with Crippen LogP contribution in [0.4, 0.5) is 10.1 Å². The second kappa shape index (κ2) is 6.19. The molecule has 0 atom stereocenters. The largest absolute Gasteiger partial charge is 0.392 e. The van der Waals surface area contributed by atoms with Crippen molar-refractivity contribution in [3.63, 3.8) is 0 Å². The summed E-state index contributed by atoms with van der Waals surface area (Å²) in [5, 5.41) is 9.14. The number of hydrogen-bond acceptors (Lipinski definition) is 4. The first kappa shape index (κ1) is 15.4. The summed E-state index contributed by atoms with van der Waals surface area (Å²) in [6.07, 6.45) is 2.73. The summed E-state index contributed by atoms with van der Waals surface area (Å²) in [6, 6.07) is 5.93. The second-order valence-electron chi connectivity index (χ2n) is 4.41. The Kier molecular flexibility index (Phi) is 4.54. The number of aryl methyl sites for hydroxylation is 1. The molecule has 1 aromatic heterocycles. The maximum Gasteiger partial charge on any atom is 0.262 e. The van der Waals surface area contributed by atoms with E-state index in [1.54, 1.807) is 12.1 Å². The van der Waals surface area contributed by atoms with Crippen LogP contribution in [0.25, 0.3) is 0 Å². The molecule has 0 fully saturated rings. The lowest BCUT2D eigenvalue weighted by Crippen LogP contribution is -2.16. The summed E-state index contributed by atoms with van der Waals surface area (Å²) in [7, 11) is -3.94. The number of aliphatic hydroxyl groups excluding tert-OH is 1. The van der Waals surface area contributed by atoms with E-state index in [0.717, 1.165) is 6.20 Å². The first-order chi connectivity index (χ1) is 9.97. The van der Waals surface area contributed by atoms with Gasteiger partial charge in [0.25, 0.3) is 10.0 Å². The molecule has 5 nitrogen and oxygen atoms in total. The first-order valence-corrected chi connectivity index (χ1v) is 7.81. The molecule has 0 saturated carbocycles. The van der Waals surface area contributed by atoms with E-state index >= 15 is 0 Å². The van der Waals surface area contributed by atoms with Gasteiger partial charge in [-0.25, -0.2) is 12.8 Å². The third kappa shape index (κ3) is 3.37. The van der Waals surface area contributed by atoms with E-state index in [1.165, 1.54) is 18.3 Å². The fourth-order valence-corrected chi connectivity index (χ4v) is 3.33. The molecular formula is C14H15FN2O3S. The van der Waals surface area contributed by atoms with Gasteiger partial charge in [0.1, 0.15) is 0 Å². The van der Waals surface area contributed by atoms with E-state index in [1.807, 2.05) is 6.92 Å². The van der Waals surface area contributed by atoms with Crippen molar-refractivity contribution in [1.29, 1.82) is 0 Å². The molecule has 1 aromatic carbocycles. The van der Waals surface area contributed by atoms with Crippen LogP contribution in [0.2, 0.25) is 0 Å². The summed E-state index contributed by atoms with van der Waals surface area (Å²) >= 11 is 0. The molecule has 1 heterocycles. The van der Waals surface area contributed by atoms with Crippen molar-refractivity contribution < 1.29 is 17.9 Å². The number of aliphatic hydroxyl groups is 1. The minimum atomic E-state index is -3.94. The van der Waals surface area contributed by atoms with Gasteiger partial charge >= 0.3 is 0 Å². The van der Waals surface area contributed by atoms with Crippen LogP contribution in [0.5, 0.6) is 0 Å². The van der Waals surface area contributed by atoms with Crippen LogP contribution in [0.1, 0.15) is 18.1 Å². The molecule has 0 aliphatic heterocycles. The molecule has 0 unspecified atom stereocenters. The number of anilines is 1. The van der Waals surface area contributed by atoms with Crippen molar-refractivity contribution in [2.45, 2.75) is 24.8 Å². The van der Waals surface area contributed by atoms with Crippen LogP contribution >= 0.6 is 0 Å². The van der Waals surface area contributed by atoms with Gasteiger partial charge in [-0.3, -0.25) is 9.71 Å². The van der Waals surface area contributed by atoms with Gasteiger partial charge in [0.15, 0.2) is 5.82 Å². The summed E-state index contributed by atoms with van der Waals surface area (Å²) in [6.45, 7) is 1.55. The monoisotopic (exact) mass is 310 g/mol. The van der Waals surface area contributed by atoms with Gasteiger partial charge in [0, 0.05) is 6.20 Å². The zero-order valence-electron chi connectivity index (χ0n) is 11.4. The number of sulfonamides is 1. The van der Waals surface area contributed by atoms with Crippen LogP contribution in [0.15, 0.2) is 41.6 Å². The van der Waals surface area contributed by atoms with Gasteiger partial charge < -0.3 is 5.11 Å². The molecule has 0 amide bonds. The number of halogens is 1. The van der Waals surface area contributed by atoms with Gasteiger partial charge in [0.05, 0.1) is 23.4 Å². The fourth-order valence-electron chi connectivity index (χ4n) is 1.90. The SMILES string of the molecule is CCc1ccc(CO)cc1S(=O)(=O)Nc1ccncc1F. The Bertz CT molecular complexity index is 748. The van der Waals surface area contributed by atoms with Gasteiger partial charge in [-0.2, -0.15) is 0 Å². The lowest BCUT2D eigenvalue weighted by molar-refractivity contribution is 0.281. The molecular weight excluding hydrogens is 295 g/mol. The average molecular weight is 310 g/mol. The predicted octanol–water partition coefficient (Wildman–Crippen LogP) is 2.08. The zero-order chi connectivity index (χ0) is 15.5. The molecule has 2 aromatic rings. The summed E-state index contributed by atoms with van der Waals surface area (Å²) < 4.78 is 40.6. The van der Waals surface area contributed by atoms with Gasteiger partial charge in [-0.1, -0.05) is 19.1 Å². The molecule has 0 spiro atoms. The summed E-state index contributed by atoms with van der Waals surface area (Å²) in [5.41, 5.74) is 0.901. The number of benzene rings is 1. The number of aromatic nitrogens is 1. The molecule has 0 radical (unpaired) electrons. The molecule has 0 bridgehead atoms. The Morgan fingerprint density at radius 1 is 1.33 bits per heavy atom.